The molecule has 20 heavy (non-hydrogen) atoms. The van der Waals surface area contributed by atoms with E-state index in [1.54, 1.807) is 0 Å². The van der Waals surface area contributed by atoms with E-state index in [1.165, 1.54) is 0 Å². The summed E-state index contributed by atoms with van der Waals surface area (Å²) in [5.74, 6) is 1.74. The molecule has 0 aliphatic heterocycles. The number of hydrogen-bond acceptors (Lipinski definition) is 3. The second-order valence-electron chi connectivity index (χ2n) is 4.98. The van der Waals surface area contributed by atoms with Crippen molar-refractivity contribution in [3.63, 3.8) is 0 Å². The maximum Gasteiger partial charge on any atom is 0.140 e. The lowest BCUT2D eigenvalue weighted by Crippen LogP contribution is -1.84. The number of aromatic amines is 2. The van der Waals surface area contributed by atoms with Crippen LogP contribution in [-0.2, 0) is 0 Å². The van der Waals surface area contributed by atoms with Gasteiger partial charge in [-0.25, -0.2) is 9.97 Å². The molecule has 0 amide bonds. The van der Waals surface area contributed by atoms with Crippen LogP contribution in [0.4, 0.5) is 0 Å². The van der Waals surface area contributed by atoms with Crippen LogP contribution in [0.2, 0.25) is 0 Å². The number of hydrogen-bond donors (Lipinski definition) is 2. The summed E-state index contributed by atoms with van der Waals surface area (Å²) in [5, 5.41) is 0. The van der Waals surface area contributed by atoms with Gasteiger partial charge in [-0.3, -0.25) is 4.98 Å². The van der Waals surface area contributed by atoms with Gasteiger partial charge in [-0.2, -0.15) is 0 Å². The van der Waals surface area contributed by atoms with Gasteiger partial charge >= 0.3 is 0 Å². The van der Waals surface area contributed by atoms with Crippen LogP contribution in [0.15, 0.2) is 30.5 Å². The second-order valence-corrected chi connectivity index (χ2v) is 4.98. The zero-order valence-corrected chi connectivity index (χ0v) is 11.2. The Bertz CT molecular complexity index is 864. The van der Waals surface area contributed by atoms with Crippen LogP contribution >= 0.6 is 0 Å². The van der Waals surface area contributed by atoms with Gasteiger partial charge in [-0.05, 0) is 38.1 Å². The molecule has 0 aliphatic rings. The first-order valence-corrected chi connectivity index (χ1v) is 6.48. The average molecular weight is 263 g/mol. The van der Waals surface area contributed by atoms with Crippen LogP contribution < -0.4 is 0 Å². The van der Waals surface area contributed by atoms with Crippen LogP contribution in [0.5, 0.6) is 0 Å². The molecule has 4 aromatic rings. The van der Waals surface area contributed by atoms with Crippen molar-refractivity contribution in [1.82, 2.24) is 24.9 Å². The Morgan fingerprint density at radius 3 is 2.40 bits per heavy atom. The second kappa shape index (κ2) is 3.90. The predicted molar refractivity (Wildman–Crippen MR) is 78.5 cm³/mol. The summed E-state index contributed by atoms with van der Waals surface area (Å²) in [7, 11) is 0. The molecular formula is C15H13N5. The summed E-state index contributed by atoms with van der Waals surface area (Å²) in [6, 6.07) is 8.05. The first-order valence-electron chi connectivity index (χ1n) is 6.48. The van der Waals surface area contributed by atoms with Gasteiger partial charge in [-0.15, -0.1) is 0 Å². The number of nitrogens with one attached hydrogen (secondary N) is 2. The summed E-state index contributed by atoms with van der Waals surface area (Å²) in [6.45, 7) is 3.92. The van der Waals surface area contributed by atoms with Gasteiger partial charge < -0.3 is 9.97 Å². The first kappa shape index (κ1) is 11.2. The number of benzene rings is 1. The number of nitrogens with zero attached hydrogens (tertiary/aromatic N) is 3. The fraction of sp³-hybridized carbons (Fsp3) is 0.133. The number of aromatic nitrogens is 5. The molecule has 0 unspecified atom stereocenters. The first-order chi connectivity index (χ1) is 9.69. The molecule has 0 atom stereocenters. The molecule has 0 aliphatic carbocycles. The van der Waals surface area contributed by atoms with Crippen molar-refractivity contribution in [1.29, 1.82) is 0 Å². The zero-order chi connectivity index (χ0) is 13.7. The monoisotopic (exact) mass is 263 g/mol. The van der Waals surface area contributed by atoms with Crippen molar-refractivity contribution in [3.05, 3.63) is 42.0 Å². The Kier molecular flexibility index (Phi) is 2.18. The lowest BCUT2D eigenvalue weighted by atomic mass is 10.2. The van der Waals surface area contributed by atoms with Gasteiger partial charge in [0.05, 0.1) is 22.1 Å². The Labute approximate surface area is 115 Å². The lowest BCUT2D eigenvalue weighted by molar-refractivity contribution is 1.17. The number of aryl methyl sites for hydroxylation is 2. The smallest absolute Gasteiger partial charge is 0.140 e. The largest absolute Gasteiger partial charge is 0.342 e. The van der Waals surface area contributed by atoms with Crippen LogP contribution in [-0.4, -0.2) is 24.9 Å². The standard InChI is InChI=1S/C15H13N5/c1-8-3-4-10(7-16-8)15-19-13-5-11-12(6-14(13)20-15)18-9(2)17-11/h3-7H,1-2H3,(H,17,18)(H,19,20). The molecule has 0 radical (unpaired) electrons. The van der Waals surface area contributed by atoms with E-state index < -0.39 is 0 Å². The molecule has 0 spiro atoms. The molecule has 5 nitrogen and oxygen atoms in total. The minimum atomic E-state index is 0.830. The Morgan fingerprint density at radius 2 is 1.65 bits per heavy atom. The minimum Gasteiger partial charge on any atom is -0.342 e. The SMILES string of the molecule is Cc1ccc(-c2nc3cc4[nH]c(C)nc4cc3[nH]2)cn1. The number of H-pyrrole nitrogens is 2. The van der Waals surface area contributed by atoms with Crippen molar-refractivity contribution in [3.8, 4) is 11.4 Å². The molecule has 0 saturated carbocycles. The topological polar surface area (TPSA) is 70.2 Å². The van der Waals surface area contributed by atoms with E-state index in [1.807, 2.05) is 44.3 Å². The fourth-order valence-corrected chi connectivity index (χ4v) is 2.39. The van der Waals surface area contributed by atoms with E-state index in [2.05, 4.69) is 24.9 Å². The lowest BCUT2D eigenvalue weighted by Gasteiger charge is -1.95. The Hall–Kier alpha value is -2.69. The maximum atomic E-state index is 4.63. The summed E-state index contributed by atoms with van der Waals surface area (Å²) in [4.78, 5) is 19.9. The van der Waals surface area contributed by atoms with Crippen LogP contribution in [0, 0.1) is 13.8 Å². The Balaban J connectivity index is 1.91. The molecule has 5 heteroatoms. The number of pyridine rings is 1. The van der Waals surface area contributed by atoms with E-state index in [9.17, 15) is 0 Å². The molecule has 0 saturated heterocycles. The van der Waals surface area contributed by atoms with Gasteiger partial charge in [-0.1, -0.05) is 0 Å². The third-order valence-corrected chi connectivity index (χ3v) is 3.39. The number of imidazole rings is 2. The highest BCUT2D eigenvalue weighted by atomic mass is 14.9. The highest BCUT2D eigenvalue weighted by Gasteiger charge is 2.08. The third kappa shape index (κ3) is 1.67. The maximum absolute atomic E-state index is 4.63. The summed E-state index contributed by atoms with van der Waals surface area (Å²) >= 11 is 0. The normalized spacial score (nSPS) is 11.5. The average Bonchev–Trinajstić information content (AvgIpc) is 2.97. The summed E-state index contributed by atoms with van der Waals surface area (Å²) < 4.78 is 0. The molecular weight excluding hydrogens is 250 g/mol. The molecule has 0 bridgehead atoms. The van der Waals surface area contributed by atoms with Gasteiger partial charge in [0.25, 0.3) is 0 Å². The van der Waals surface area contributed by atoms with E-state index in [-0.39, 0.29) is 0 Å². The van der Waals surface area contributed by atoms with E-state index >= 15 is 0 Å². The van der Waals surface area contributed by atoms with E-state index in [0.29, 0.717) is 0 Å². The van der Waals surface area contributed by atoms with Gasteiger partial charge in [0, 0.05) is 17.5 Å². The number of fused-ring (bicyclic) bond motifs is 2. The van der Waals surface area contributed by atoms with Gasteiger partial charge in [0.15, 0.2) is 0 Å². The molecule has 98 valence electrons. The summed E-state index contributed by atoms with van der Waals surface area (Å²) in [6.07, 6.45) is 1.83. The zero-order valence-electron chi connectivity index (χ0n) is 11.2. The Morgan fingerprint density at radius 1 is 0.900 bits per heavy atom. The van der Waals surface area contributed by atoms with Crippen molar-refractivity contribution in [2.24, 2.45) is 0 Å². The minimum absolute atomic E-state index is 0.830. The van der Waals surface area contributed by atoms with Crippen LogP contribution in [0.3, 0.4) is 0 Å². The van der Waals surface area contributed by atoms with Crippen LogP contribution in [0.25, 0.3) is 33.5 Å². The van der Waals surface area contributed by atoms with Crippen molar-refractivity contribution >= 4 is 22.1 Å². The third-order valence-electron chi connectivity index (χ3n) is 3.39. The highest BCUT2D eigenvalue weighted by molar-refractivity contribution is 5.92. The van der Waals surface area contributed by atoms with Crippen molar-refractivity contribution in [2.75, 3.05) is 0 Å². The molecule has 3 heterocycles. The van der Waals surface area contributed by atoms with Gasteiger partial charge in [0.2, 0.25) is 0 Å². The van der Waals surface area contributed by atoms with Crippen LogP contribution in [0.1, 0.15) is 11.5 Å². The molecule has 4 rings (SSSR count). The van der Waals surface area contributed by atoms with Gasteiger partial charge in [0.1, 0.15) is 11.6 Å². The molecule has 0 fully saturated rings. The predicted octanol–water partition coefficient (Wildman–Crippen LogP) is 3.12. The molecule has 1 aromatic carbocycles. The molecule has 2 N–H and O–H groups in total. The van der Waals surface area contributed by atoms with Crippen molar-refractivity contribution < 1.29 is 0 Å². The molecule has 3 aromatic heterocycles. The van der Waals surface area contributed by atoms with E-state index in [0.717, 1.165) is 45.0 Å². The highest BCUT2D eigenvalue weighted by Crippen LogP contribution is 2.23. The van der Waals surface area contributed by atoms with Crippen molar-refractivity contribution in [2.45, 2.75) is 13.8 Å². The quantitative estimate of drug-likeness (QED) is 0.554. The fourth-order valence-electron chi connectivity index (χ4n) is 2.39. The summed E-state index contributed by atoms with van der Waals surface area (Å²) in [5.41, 5.74) is 5.86. The van der Waals surface area contributed by atoms with E-state index in [4.69, 9.17) is 0 Å². The number of rotatable bonds is 1.